The van der Waals surface area contributed by atoms with E-state index in [1.54, 1.807) is 0 Å². The van der Waals surface area contributed by atoms with Crippen molar-refractivity contribution in [3.05, 3.63) is 29.8 Å². The number of nitrogens with two attached hydrogens (primary N) is 1. The first kappa shape index (κ1) is 14.6. The van der Waals surface area contributed by atoms with Gasteiger partial charge in [-0.25, -0.2) is 0 Å². The van der Waals surface area contributed by atoms with Gasteiger partial charge in [0.1, 0.15) is 0 Å². The van der Waals surface area contributed by atoms with E-state index in [-0.39, 0.29) is 5.92 Å². The van der Waals surface area contributed by atoms with Crippen LogP contribution in [0.1, 0.15) is 38.2 Å². The molecule has 2 aliphatic rings. The average molecular weight is 286 g/mol. The van der Waals surface area contributed by atoms with Gasteiger partial charge in [0.15, 0.2) is 0 Å². The highest BCUT2D eigenvalue weighted by molar-refractivity contribution is 5.96. The minimum atomic E-state index is 0.200. The van der Waals surface area contributed by atoms with Crippen molar-refractivity contribution in [3.8, 4) is 0 Å². The molecule has 2 N–H and O–H groups in total. The van der Waals surface area contributed by atoms with Crippen LogP contribution in [-0.2, 0) is 11.2 Å². The summed E-state index contributed by atoms with van der Waals surface area (Å²) >= 11 is 0. The summed E-state index contributed by atoms with van der Waals surface area (Å²) in [6, 6.07) is 8.38. The van der Waals surface area contributed by atoms with E-state index in [1.165, 1.54) is 5.56 Å². The van der Waals surface area contributed by atoms with Crippen molar-refractivity contribution in [2.45, 2.75) is 39.0 Å². The standard InChI is InChI=1S/C18H26N2O/c1-13-10-16-4-2-3-5-17(16)20(12-13)18(21)15-8-6-14(11-19)7-9-15/h2-5,13-15H,6-12,19H2,1H3. The van der Waals surface area contributed by atoms with Crippen molar-refractivity contribution < 1.29 is 4.79 Å². The summed E-state index contributed by atoms with van der Waals surface area (Å²) in [4.78, 5) is 15.0. The maximum absolute atomic E-state index is 13.0. The number of para-hydroxylation sites is 1. The summed E-state index contributed by atoms with van der Waals surface area (Å²) in [6.07, 6.45) is 5.32. The van der Waals surface area contributed by atoms with Gasteiger partial charge in [-0.2, -0.15) is 0 Å². The molecule has 1 aromatic carbocycles. The van der Waals surface area contributed by atoms with Gasteiger partial charge in [-0.05, 0) is 62.1 Å². The molecule has 1 heterocycles. The number of benzene rings is 1. The Morgan fingerprint density at radius 2 is 1.95 bits per heavy atom. The molecule has 1 unspecified atom stereocenters. The lowest BCUT2D eigenvalue weighted by atomic mass is 9.81. The molecule has 0 spiro atoms. The first-order valence-corrected chi connectivity index (χ1v) is 8.28. The Labute approximate surface area is 127 Å². The van der Waals surface area contributed by atoms with E-state index in [0.717, 1.165) is 50.9 Å². The predicted molar refractivity (Wildman–Crippen MR) is 86.2 cm³/mol. The highest BCUT2D eigenvalue weighted by Gasteiger charge is 2.33. The fourth-order valence-electron chi connectivity index (χ4n) is 3.87. The molecular formula is C18H26N2O. The smallest absolute Gasteiger partial charge is 0.230 e. The minimum Gasteiger partial charge on any atom is -0.330 e. The van der Waals surface area contributed by atoms with Crippen LogP contribution in [-0.4, -0.2) is 19.0 Å². The summed E-state index contributed by atoms with van der Waals surface area (Å²) in [6.45, 7) is 3.87. The summed E-state index contributed by atoms with van der Waals surface area (Å²) in [5.41, 5.74) is 8.21. The van der Waals surface area contributed by atoms with Crippen molar-refractivity contribution >= 4 is 11.6 Å². The van der Waals surface area contributed by atoms with Gasteiger partial charge >= 0.3 is 0 Å². The predicted octanol–water partition coefficient (Wildman–Crippen LogP) is 2.98. The second-order valence-corrected chi connectivity index (χ2v) is 6.84. The quantitative estimate of drug-likeness (QED) is 0.908. The lowest BCUT2D eigenvalue weighted by Crippen LogP contribution is -2.43. The van der Waals surface area contributed by atoms with Crippen molar-refractivity contribution in [2.75, 3.05) is 18.0 Å². The number of rotatable bonds is 2. The van der Waals surface area contributed by atoms with Gasteiger partial charge in [-0.15, -0.1) is 0 Å². The second-order valence-electron chi connectivity index (χ2n) is 6.84. The average Bonchev–Trinajstić information content (AvgIpc) is 2.53. The van der Waals surface area contributed by atoms with Crippen molar-refractivity contribution in [1.82, 2.24) is 0 Å². The van der Waals surface area contributed by atoms with E-state index in [1.807, 2.05) is 6.07 Å². The van der Waals surface area contributed by atoms with E-state index in [4.69, 9.17) is 5.73 Å². The zero-order chi connectivity index (χ0) is 14.8. The topological polar surface area (TPSA) is 46.3 Å². The molecule has 21 heavy (non-hydrogen) atoms. The van der Waals surface area contributed by atoms with E-state index in [0.29, 0.717) is 17.7 Å². The molecule has 3 rings (SSSR count). The maximum Gasteiger partial charge on any atom is 0.230 e. The maximum atomic E-state index is 13.0. The van der Waals surface area contributed by atoms with Crippen molar-refractivity contribution in [3.63, 3.8) is 0 Å². The minimum absolute atomic E-state index is 0.200. The third-order valence-corrected chi connectivity index (χ3v) is 5.14. The number of amides is 1. The van der Waals surface area contributed by atoms with E-state index < -0.39 is 0 Å². The molecule has 3 nitrogen and oxygen atoms in total. The lowest BCUT2D eigenvalue weighted by Gasteiger charge is -2.37. The highest BCUT2D eigenvalue weighted by Crippen LogP contribution is 2.34. The molecule has 0 bridgehead atoms. The van der Waals surface area contributed by atoms with Crippen LogP contribution in [0.4, 0.5) is 5.69 Å². The Bertz CT molecular complexity index is 506. The van der Waals surface area contributed by atoms with Crippen LogP contribution in [0.15, 0.2) is 24.3 Å². The van der Waals surface area contributed by atoms with Gasteiger partial charge < -0.3 is 10.6 Å². The monoisotopic (exact) mass is 286 g/mol. The summed E-state index contributed by atoms with van der Waals surface area (Å²) in [5, 5.41) is 0. The SMILES string of the molecule is CC1Cc2ccccc2N(C(=O)C2CCC(CN)CC2)C1. The summed E-state index contributed by atoms with van der Waals surface area (Å²) in [5.74, 6) is 1.71. The second kappa shape index (κ2) is 6.18. The Hall–Kier alpha value is -1.35. The van der Waals surface area contributed by atoms with E-state index >= 15 is 0 Å². The number of anilines is 1. The van der Waals surface area contributed by atoms with Crippen LogP contribution < -0.4 is 10.6 Å². The third kappa shape index (κ3) is 2.98. The van der Waals surface area contributed by atoms with E-state index in [2.05, 4.69) is 30.0 Å². The zero-order valence-corrected chi connectivity index (χ0v) is 12.9. The van der Waals surface area contributed by atoms with Crippen LogP contribution in [0.3, 0.4) is 0 Å². The van der Waals surface area contributed by atoms with Crippen LogP contribution in [0.25, 0.3) is 0 Å². The van der Waals surface area contributed by atoms with Crippen LogP contribution in [0.2, 0.25) is 0 Å². The number of fused-ring (bicyclic) bond motifs is 1. The third-order valence-electron chi connectivity index (χ3n) is 5.14. The number of hydrogen-bond donors (Lipinski definition) is 1. The van der Waals surface area contributed by atoms with Gasteiger partial charge in [0, 0.05) is 18.2 Å². The fourth-order valence-corrected chi connectivity index (χ4v) is 3.87. The molecule has 1 aliphatic carbocycles. The molecule has 114 valence electrons. The van der Waals surface area contributed by atoms with Crippen LogP contribution in [0.5, 0.6) is 0 Å². The molecule has 1 atom stereocenters. The number of carbonyl (C=O) groups excluding carboxylic acids is 1. The van der Waals surface area contributed by atoms with Gasteiger partial charge in [0.2, 0.25) is 5.91 Å². The molecule has 1 saturated carbocycles. The first-order chi connectivity index (χ1) is 10.2. The Morgan fingerprint density at radius 3 is 2.67 bits per heavy atom. The molecular weight excluding hydrogens is 260 g/mol. The largest absolute Gasteiger partial charge is 0.330 e. The van der Waals surface area contributed by atoms with E-state index in [9.17, 15) is 4.79 Å². The highest BCUT2D eigenvalue weighted by atomic mass is 16.2. The molecule has 1 amide bonds. The van der Waals surface area contributed by atoms with Gasteiger partial charge in [-0.1, -0.05) is 25.1 Å². The number of carbonyl (C=O) groups is 1. The van der Waals surface area contributed by atoms with Crippen molar-refractivity contribution in [2.24, 2.45) is 23.5 Å². The van der Waals surface area contributed by atoms with Crippen LogP contribution in [0, 0.1) is 17.8 Å². The Morgan fingerprint density at radius 1 is 1.24 bits per heavy atom. The van der Waals surface area contributed by atoms with Gasteiger partial charge in [0.05, 0.1) is 0 Å². The normalized spacial score (nSPS) is 29.0. The summed E-state index contributed by atoms with van der Waals surface area (Å²) in [7, 11) is 0. The molecule has 3 heteroatoms. The fraction of sp³-hybridized carbons (Fsp3) is 0.611. The lowest BCUT2D eigenvalue weighted by molar-refractivity contribution is -0.123. The molecule has 1 fully saturated rings. The van der Waals surface area contributed by atoms with Crippen molar-refractivity contribution in [1.29, 1.82) is 0 Å². The summed E-state index contributed by atoms with van der Waals surface area (Å²) < 4.78 is 0. The van der Waals surface area contributed by atoms with Gasteiger partial charge in [0.25, 0.3) is 0 Å². The van der Waals surface area contributed by atoms with Gasteiger partial charge in [-0.3, -0.25) is 4.79 Å². The molecule has 0 radical (unpaired) electrons. The first-order valence-electron chi connectivity index (χ1n) is 8.28. The molecule has 0 aromatic heterocycles. The van der Waals surface area contributed by atoms with Crippen LogP contribution >= 0.6 is 0 Å². The number of nitrogens with zero attached hydrogens (tertiary/aromatic N) is 1. The zero-order valence-electron chi connectivity index (χ0n) is 12.9. The number of hydrogen-bond acceptors (Lipinski definition) is 2. The Balaban J connectivity index is 1.76. The molecule has 1 aromatic rings. The Kier molecular flexibility index (Phi) is 4.29. The molecule has 1 aliphatic heterocycles. The molecule has 0 saturated heterocycles.